The zero-order chi connectivity index (χ0) is 24.8. The topological polar surface area (TPSA) is 96.4 Å². The first-order valence-corrected chi connectivity index (χ1v) is 12.4. The third-order valence-corrected chi connectivity index (χ3v) is 7.72. The Morgan fingerprint density at radius 1 is 1.06 bits per heavy atom. The number of halogens is 1. The molecule has 1 aromatic carbocycles. The normalized spacial score (nSPS) is 34.1. The number of unbranched alkanes of at least 4 members (excludes halogenated alkanes) is 1. The fourth-order valence-corrected chi connectivity index (χ4v) is 6.10. The van der Waals surface area contributed by atoms with Crippen LogP contribution in [0.25, 0.3) is 0 Å². The molecule has 0 aliphatic carbocycles. The van der Waals surface area contributed by atoms with Crippen molar-refractivity contribution in [3.8, 4) is 0 Å². The zero-order valence-electron chi connectivity index (χ0n) is 19.6. The standard InChI is InChI=1S/C26H29ClN2O6/c1-25-11-2-5-16-34-24(33)20(25)19-22(31)29(13-3-4-15-30)21-23(32)28(14-6-12-26(19,21)35-25)18-9-7-17(27)8-10-18/h2,6-12,19-21,30H,3-5,13-16H2,1H3/t19-,20-,21?,25+,26-/m0/s1. The molecular weight excluding hydrogens is 472 g/mol. The van der Waals surface area contributed by atoms with E-state index in [0.717, 1.165) is 0 Å². The quantitative estimate of drug-likeness (QED) is 0.379. The van der Waals surface area contributed by atoms with Crippen LogP contribution in [0.3, 0.4) is 0 Å². The number of esters is 1. The van der Waals surface area contributed by atoms with Gasteiger partial charge in [-0.2, -0.15) is 0 Å². The van der Waals surface area contributed by atoms with Crippen LogP contribution in [0.1, 0.15) is 26.2 Å². The van der Waals surface area contributed by atoms with Gasteiger partial charge in [0.1, 0.15) is 17.6 Å². The Kier molecular flexibility index (Phi) is 6.23. The maximum Gasteiger partial charge on any atom is 0.313 e. The minimum Gasteiger partial charge on any atom is -0.465 e. The van der Waals surface area contributed by atoms with Gasteiger partial charge in [-0.1, -0.05) is 35.9 Å². The molecule has 0 aromatic heterocycles. The molecule has 4 heterocycles. The molecule has 1 N–H and O–H groups in total. The molecule has 4 aliphatic heterocycles. The minimum absolute atomic E-state index is 0.0136. The molecule has 0 saturated carbocycles. The molecule has 1 spiro atoms. The minimum atomic E-state index is -1.32. The van der Waals surface area contributed by atoms with E-state index in [-0.39, 0.29) is 38.1 Å². The van der Waals surface area contributed by atoms with Crippen molar-refractivity contribution in [3.63, 3.8) is 0 Å². The Labute approximate surface area is 209 Å². The number of aliphatic hydroxyl groups is 1. The van der Waals surface area contributed by atoms with Crippen molar-refractivity contribution in [2.75, 3.05) is 31.2 Å². The van der Waals surface area contributed by atoms with Gasteiger partial charge in [-0.3, -0.25) is 14.4 Å². The van der Waals surface area contributed by atoms with Crippen molar-refractivity contribution in [3.05, 3.63) is 53.6 Å². The number of fused-ring (bicyclic) bond motifs is 2. The van der Waals surface area contributed by atoms with E-state index in [0.29, 0.717) is 30.0 Å². The summed E-state index contributed by atoms with van der Waals surface area (Å²) in [5.41, 5.74) is -1.75. The molecule has 1 unspecified atom stereocenters. The molecule has 35 heavy (non-hydrogen) atoms. The monoisotopic (exact) mass is 500 g/mol. The number of hydrogen-bond donors (Lipinski definition) is 1. The number of cyclic esters (lactones) is 1. The van der Waals surface area contributed by atoms with Crippen LogP contribution < -0.4 is 4.90 Å². The van der Waals surface area contributed by atoms with E-state index in [9.17, 15) is 19.5 Å². The molecule has 2 fully saturated rings. The summed E-state index contributed by atoms with van der Waals surface area (Å²) in [6, 6.07) is 6.00. The highest BCUT2D eigenvalue weighted by atomic mass is 35.5. The maximum absolute atomic E-state index is 14.2. The lowest BCUT2D eigenvalue weighted by Gasteiger charge is -2.37. The predicted octanol–water partition coefficient (Wildman–Crippen LogP) is 2.49. The lowest BCUT2D eigenvalue weighted by molar-refractivity contribution is -0.159. The average molecular weight is 501 g/mol. The molecule has 186 valence electrons. The highest BCUT2D eigenvalue weighted by Gasteiger charge is 2.74. The number of anilines is 1. The van der Waals surface area contributed by atoms with Gasteiger partial charge in [-0.25, -0.2) is 0 Å². The summed E-state index contributed by atoms with van der Waals surface area (Å²) in [6.45, 7) is 2.57. The molecule has 0 radical (unpaired) electrons. The van der Waals surface area contributed by atoms with E-state index >= 15 is 0 Å². The van der Waals surface area contributed by atoms with E-state index in [4.69, 9.17) is 21.1 Å². The molecule has 1 aromatic rings. The Morgan fingerprint density at radius 3 is 2.57 bits per heavy atom. The van der Waals surface area contributed by atoms with Crippen LogP contribution in [0, 0.1) is 11.8 Å². The summed E-state index contributed by atoms with van der Waals surface area (Å²) in [6.07, 6.45) is 8.94. The average Bonchev–Trinajstić information content (AvgIpc) is 3.14. The van der Waals surface area contributed by atoms with Crippen molar-refractivity contribution in [2.24, 2.45) is 11.8 Å². The van der Waals surface area contributed by atoms with Crippen molar-refractivity contribution >= 4 is 35.1 Å². The highest BCUT2D eigenvalue weighted by molar-refractivity contribution is 6.30. The molecule has 5 rings (SSSR count). The molecule has 9 heteroatoms. The van der Waals surface area contributed by atoms with E-state index in [1.807, 2.05) is 18.2 Å². The highest BCUT2D eigenvalue weighted by Crippen LogP contribution is 2.57. The number of benzene rings is 1. The molecule has 2 amide bonds. The van der Waals surface area contributed by atoms with Crippen LogP contribution in [0.2, 0.25) is 5.02 Å². The third kappa shape index (κ3) is 3.79. The largest absolute Gasteiger partial charge is 0.465 e. The van der Waals surface area contributed by atoms with Gasteiger partial charge < -0.3 is 24.4 Å². The fraction of sp³-hybridized carbons (Fsp3) is 0.500. The van der Waals surface area contributed by atoms with Gasteiger partial charge in [-0.15, -0.1) is 0 Å². The lowest BCUT2D eigenvalue weighted by atomic mass is 9.74. The number of carbonyl (C=O) groups is 3. The number of hydrogen-bond acceptors (Lipinski definition) is 6. The zero-order valence-corrected chi connectivity index (χ0v) is 20.3. The van der Waals surface area contributed by atoms with E-state index in [1.165, 1.54) is 4.90 Å². The first kappa shape index (κ1) is 24.0. The molecule has 8 nitrogen and oxygen atoms in total. The van der Waals surface area contributed by atoms with Gasteiger partial charge in [0.15, 0.2) is 0 Å². The molecular formula is C26H29ClN2O6. The van der Waals surface area contributed by atoms with Crippen molar-refractivity contribution in [2.45, 2.75) is 43.4 Å². The van der Waals surface area contributed by atoms with Crippen LogP contribution in [0.4, 0.5) is 5.69 Å². The number of carbonyl (C=O) groups excluding carboxylic acids is 3. The van der Waals surface area contributed by atoms with Gasteiger partial charge in [0.2, 0.25) is 5.91 Å². The number of aliphatic hydroxyl groups excluding tert-OH is 1. The molecule has 0 bridgehead atoms. The lowest BCUT2D eigenvalue weighted by Crippen LogP contribution is -2.56. The summed E-state index contributed by atoms with van der Waals surface area (Å²) >= 11 is 6.06. The Morgan fingerprint density at radius 2 is 1.83 bits per heavy atom. The maximum atomic E-state index is 14.2. The van der Waals surface area contributed by atoms with Crippen LogP contribution >= 0.6 is 11.6 Å². The first-order valence-electron chi connectivity index (χ1n) is 12.0. The number of amides is 2. The number of likely N-dealkylation sites (tertiary alicyclic amines) is 1. The summed E-state index contributed by atoms with van der Waals surface area (Å²) in [4.78, 5) is 44.5. The summed E-state index contributed by atoms with van der Waals surface area (Å²) in [5, 5.41) is 9.85. The second-order valence-electron chi connectivity index (χ2n) is 9.65. The van der Waals surface area contributed by atoms with Gasteiger partial charge >= 0.3 is 5.97 Å². The second kappa shape index (κ2) is 9.08. The summed E-state index contributed by atoms with van der Waals surface area (Å²) in [7, 11) is 0. The molecule has 5 atom stereocenters. The smallest absolute Gasteiger partial charge is 0.313 e. The van der Waals surface area contributed by atoms with Crippen LogP contribution in [-0.4, -0.2) is 71.3 Å². The van der Waals surface area contributed by atoms with Gasteiger partial charge in [0, 0.05) is 30.4 Å². The number of nitrogens with zero attached hydrogens (tertiary/aromatic N) is 2. The van der Waals surface area contributed by atoms with E-state index in [2.05, 4.69) is 0 Å². The Hall–Kier alpha value is -2.68. The SMILES string of the molecule is C[C@@]12C=CCCOC(=O)[C@@H]1[C@H]1C(=O)N(CCCCO)C3C(=O)N(c4ccc(Cl)cc4)CC=C[C@@]31O2. The van der Waals surface area contributed by atoms with E-state index in [1.54, 1.807) is 42.2 Å². The van der Waals surface area contributed by atoms with Gasteiger partial charge in [0.25, 0.3) is 5.91 Å². The number of rotatable bonds is 5. The third-order valence-electron chi connectivity index (χ3n) is 7.47. The summed E-state index contributed by atoms with van der Waals surface area (Å²) < 4.78 is 12.2. The van der Waals surface area contributed by atoms with Crippen molar-refractivity contribution in [1.29, 1.82) is 0 Å². The van der Waals surface area contributed by atoms with Gasteiger partial charge in [-0.05, 0) is 50.5 Å². The number of ether oxygens (including phenoxy) is 2. The van der Waals surface area contributed by atoms with Crippen molar-refractivity contribution < 1.29 is 29.0 Å². The van der Waals surface area contributed by atoms with Crippen LogP contribution in [0.5, 0.6) is 0 Å². The van der Waals surface area contributed by atoms with Crippen LogP contribution in [-0.2, 0) is 23.9 Å². The summed E-state index contributed by atoms with van der Waals surface area (Å²) in [5.74, 6) is -2.85. The predicted molar refractivity (Wildman–Crippen MR) is 129 cm³/mol. The van der Waals surface area contributed by atoms with E-state index < -0.39 is 35.0 Å². The first-order chi connectivity index (χ1) is 16.8. The van der Waals surface area contributed by atoms with Gasteiger partial charge in [0.05, 0.1) is 18.1 Å². The fourth-order valence-electron chi connectivity index (χ4n) is 5.97. The molecule has 2 saturated heterocycles. The Bertz CT molecular complexity index is 1090. The Balaban J connectivity index is 1.62. The molecule has 4 aliphatic rings. The van der Waals surface area contributed by atoms with Crippen LogP contribution in [0.15, 0.2) is 48.6 Å². The second-order valence-corrected chi connectivity index (χ2v) is 10.1. The van der Waals surface area contributed by atoms with Crippen molar-refractivity contribution in [1.82, 2.24) is 4.90 Å².